The van der Waals surface area contributed by atoms with Crippen molar-refractivity contribution >= 4 is 11.6 Å². The molecule has 0 fully saturated rings. The molecule has 0 radical (unpaired) electrons. The SMILES string of the molecule is CC(N)Cc1cccc(F)c1Oc1ccc(Cl)cc1. The Kier molecular flexibility index (Phi) is 4.40. The van der Waals surface area contributed by atoms with Gasteiger partial charge in [-0.2, -0.15) is 0 Å². The molecule has 2 aromatic carbocycles. The fourth-order valence-corrected chi connectivity index (χ4v) is 1.92. The van der Waals surface area contributed by atoms with E-state index in [4.69, 9.17) is 22.1 Å². The Hall–Kier alpha value is -1.58. The third-order valence-corrected chi connectivity index (χ3v) is 2.88. The first-order valence-electron chi connectivity index (χ1n) is 6.02. The van der Waals surface area contributed by atoms with Crippen LogP contribution in [0.4, 0.5) is 4.39 Å². The summed E-state index contributed by atoms with van der Waals surface area (Å²) in [6, 6.07) is 11.6. The molecule has 1 atom stereocenters. The monoisotopic (exact) mass is 279 g/mol. The van der Waals surface area contributed by atoms with E-state index < -0.39 is 5.82 Å². The molecule has 0 saturated heterocycles. The summed E-state index contributed by atoms with van der Waals surface area (Å²) in [7, 11) is 0. The standard InChI is InChI=1S/C15H15ClFNO/c1-10(18)9-11-3-2-4-14(17)15(11)19-13-7-5-12(16)6-8-13/h2-8,10H,9,18H2,1H3. The van der Waals surface area contributed by atoms with E-state index in [0.717, 1.165) is 5.56 Å². The van der Waals surface area contributed by atoms with Crippen molar-refractivity contribution in [3.05, 3.63) is 58.9 Å². The molecule has 0 amide bonds. The molecule has 0 aromatic heterocycles. The maximum absolute atomic E-state index is 13.9. The summed E-state index contributed by atoms with van der Waals surface area (Å²) in [6.45, 7) is 1.87. The molecular formula is C15H15ClFNO. The van der Waals surface area contributed by atoms with Crippen LogP contribution in [0.2, 0.25) is 5.02 Å². The maximum atomic E-state index is 13.9. The first kappa shape index (κ1) is 13.8. The molecular weight excluding hydrogens is 265 g/mol. The summed E-state index contributed by atoms with van der Waals surface area (Å²) in [5.41, 5.74) is 6.52. The van der Waals surface area contributed by atoms with Crippen LogP contribution in [0, 0.1) is 5.82 Å². The van der Waals surface area contributed by atoms with Crippen LogP contribution in [0.5, 0.6) is 11.5 Å². The second-order valence-electron chi connectivity index (χ2n) is 4.47. The van der Waals surface area contributed by atoms with Crippen LogP contribution in [0.15, 0.2) is 42.5 Å². The molecule has 0 aliphatic heterocycles. The summed E-state index contributed by atoms with van der Waals surface area (Å²) >= 11 is 5.80. The maximum Gasteiger partial charge on any atom is 0.166 e. The minimum absolute atomic E-state index is 0.0608. The van der Waals surface area contributed by atoms with Gasteiger partial charge in [-0.05, 0) is 49.2 Å². The lowest BCUT2D eigenvalue weighted by Gasteiger charge is -2.13. The normalized spacial score (nSPS) is 12.2. The van der Waals surface area contributed by atoms with Gasteiger partial charge in [-0.1, -0.05) is 23.7 Å². The van der Waals surface area contributed by atoms with Crippen molar-refractivity contribution in [1.82, 2.24) is 0 Å². The zero-order chi connectivity index (χ0) is 13.8. The number of halogens is 2. The Morgan fingerprint density at radius 2 is 1.89 bits per heavy atom. The zero-order valence-electron chi connectivity index (χ0n) is 10.6. The molecule has 4 heteroatoms. The van der Waals surface area contributed by atoms with Gasteiger partial charge in [0.2, 0.25) is 0 Å². The highest BCUT2D eigenvalue weighted by molar-refractivity contribution is 6.30. The van der Waals surface area contributed by atoms with Gasteiger partial charge >= 0.3 is 0 Å². The first-order valence-corrected chi connectivity index (χ1v) is 6.40. The Morgan fingerprint density at radius 1 is 1.21 bits per heavy atom. The Morgan fingerprint density at radius 3 is 2.53 bits per heavy atom. The number of benzene rings is 2. The van der Waals surface area contributed by atoms with E-state index in [1.54, 1.807) is 30.3 Å². The molecule has 0 saturated carbocycles. The van der Waals surface area contributed by atoms with Gasteiger partial charge < -0.3 is 10.5 Å². The molecule has 100 valence electrons. The number of nitrogens with two attached hydrogens (primary N) is 1. The van der Waals surface area contributed by atoms with Gasteiger partial charge in [0.25, 0.3) is 0 Å². The first-order chi connectivity index (χ1) is 9.06. The van der Waals surface area contributed by atoms with E-state index in [2.05, 4.69) is 0 Å². The fourth-order valence-electron chi connectivity index (χ4n) is 1.80. The minimum atomic E-state index is -0.395. The molecule has 1 unspecified atom stereocenters. The van der Waals surface area contributed by atoms with Crippen molar-refractivity contribution < 1.29 is 9.13 Å². The minimum Gasteiger partial charge on any atom is -0.454 e. The largest absolute Gasteiger partial charge is 0.454 e. The van der Waals surface area contributed by atoms with Crippen LogP contribution in [0.3, 0.4) is 0 Å². The van der Waals surface area contributed by atoms with Gasteiger partial charge in [0.1, 0.15) is 5.75 Å². The molecule has 0 heterocycles. The topological polar surface area (TPSA) is 35.2 Å². The smallest absolute Gasteiger partial charge is 0.166 e. The van der Waals surface area contributed by atoms with E-state index >= 15 is 0 Å². The van der Waals surface area contributed by atoms with Crippen LogP contribution in [-0.4, -0.2) is 6.04 Å². The summed E-state index contributed by atoms with van der Waals surface area (Å²) in [5, 5.41) is 0.608. The molecule has 2 rings (SSSR count). The molecule has 0 bridgehead atoms. The Balaban J connectivity index is 2.30. The molecule has 2 N–H and O–H groups in total. The van der Waals surface area contributed by atoms with Crippen LogP contribution in [-0.2, 0) is 6.42 Å². The van der Waals surface area contributed by atoms with Gasteiger partial charge in [-0.25, -0.2) is 4.39 Å². The number of hydrogen-bond acceptors (Lipinski definition) is 2. The Labute approximate surface area is 117 Å². The second-order valence-corrected chi connectivity index (χ2v) is 4.90. The average molecular weight is 280 g/mol. The van der Waals surface area contributed by atoms with Crippen molar-refractivity contribution in [3.8, 4) is 11.5 Å². The van der Waals surface area contributed by atoms with E-state index in [9.17, 15) is 4.39 Å². The van der Waals surface area contributed by atoms with Gasteiger partial charge in [0.15, 0.2) is 11.6 Å². The van der Waals surface area contributed by atoms with Gasteiger partial charge in [-0.3, -0.25) is 0 Å². The van der Waals surface area contributed by atoms with Crippen molar-refractivity contribution in [2.45, 2.75) is 19.4 Å². The van der Waals surface area contributed by atoms with Crippen molar-refractivity contribution in [1.29, 1.82) is 0 Å². The Bertz CT molecular complexity index is 555. The summed E-state index contributed by atoms with van der Waals surface area (Å²) in [4.78, 5) is 0. The molecule has 19 heavy (non-hydrogen) atoms. The van der Waals surface area contributed by atoms with Crippen molar-refractivity contribution in [2.75, 3.05) is 0 Å². The van der Waals surface area contributed by atoms with E-state index in [1.807, 2.05) is 13.0 Å². The lowest BCUT2D eigenvalue weighted by Crippen LogP contribution is -2.18. The second kappa shape index (κ2) is 6.04. The highest BCUT2D eigenvalue weighted by Gasteiger charge is 2.12. The molecule has 2 aromatic rings. The predicted molar refractivity (Wildman–Crippen MR) is 75.3 cm³/mol. The van der Waals surface area contributed by atoms with Crippen LogP contribution in [0.1, 0.15) is 12.5 Å². The quantitative estimate of drug-likeness (QED) is 0.912. The predicted octanol–water partition coefficient (Wildman–Crippen LogP) is 4.16. The zero-order valence-corrected chi connectivity index (χ0v) is 11.3. The highest BCUT2D eigenvalue weighted by atomic mass is 35.5. The molecule has 0 aliphatic carbocycles. The van der Waals surface area contributed by atoms with Gasteiger partial charge in [-0.15, -0.1) is 0 Å². The van der Waals surface area contributed by atoms with Crippen LogP contribution >= 0.6 is 11.6 Å². The van der Waals surface area contributed by atoms with Crippen LogP contribution < -0.4 is 10.5 Å². The number of para-hydroxylation sites is 1. The molecule has 0 spiro atoms. The summed E-state index contributed by atoms with van der Waals surface area (Å²) in [6.07, 6.45) is 0.556. The lowest BCUT2D eigenvalue weighted by atomic mass is 10.1. The molecule has 0 aliphatic rings. The van der Waals surface area contributed by atoms with E-state index in [0.29, 0.717) is 17.2 Å². The number of rotatable bonds is 4. The van der Waals surface area contributed by atoms with Crippen molar-refractivity contribution in [2.24, 2.45) is 5.73 Å². The lowest BCUT2D eigenvalue weighted by molar-refractivity contribution is 0.434. The van der Waals surface area contributed by atoms with Crippen LogP contribution in [0.25, 0.3) is 0 Å². The fraction of sp³-hybridized carbons (Fsp3) is 0.200. The number of ether oxygens (including phenoxy) is 1. The summed E-state index contributed by atoms with van der Waals surface area (Å²) in [5.74, 6) is 0.371. The highest BCUT2D eigenvalue weighted by Crippen LogP contribution is 2.29. The van der Waals surface area contributed by atoms with Gasteiger partial charge in [0, 0.05) is 11.1 Å². The van der Waals surface area contributed by atoms with Crippen molar-refractivity contribution in [3.63, 3.8) is 0 Å². The van der Waals surface area contributed by atoms with E-state index in [-0.39, 0.29) is 11.8 Å². The van der Waals surface area contributed by atoms with E-state index in [1.165, 1.54) is 6.07 Å². The number of hydrogen-bond donors (Lipinski definition) is 1. The third kappa shape index (κ3) is 3.69. The third-order valence-electron chi connectivity index (χ3n) is 2.62. The molecule has 2 nitrogen and oxygen atoms in total. The average Bonchev–Trinajstić information content (AvgIpc) is 2.35. The van der Waals surface area contributed by atoms with Gasteiger partial charge in [0.05, 0.1) is 0 Å². The summed E-state index contributed by atoms with van der Waals surface area (Å²) < 4.78 is 19.5.